The van der Waals surface area contributed by atoms with Crippen molar-refractivity contribution >= 4 is 5.91 Å². The largest absolute Gasteiger partial charge is 0.340 e. The fourth-order valence-corrected chi connectivity index (χ4v) is 2.03. The summed E-state index contributed by atoms with van der Waals surface area (Å²) in [6.45, 7) is 2.89. The summed E-state index contributed by atoms with van der Waals surface area (Å²) in [6.07, 6.45) is 7.37. The zero-order valence-electron chi connectivity index (χ0n) is 10.2. The fraction of sp³-hybridized carbons (Fsp3) is 0.750. The van der Waals surface area contributed by atoms with Crippen molar-refractivity contribution < 1.29 is 4.79 Å². The number of likely N-dealkylation sites (N-methyl/N-ethyl adjacent to an activating group) is 2. The van der Waals surface area contributed by atoms with Gasteiger partial charge in [-0.3, -0.25) is 10.1 Å². The second-order valence-corrected chi connectivity index (χ2v) is 4.37. The first kappa shape index (κ1) is 13.0. The van der Waals surface area contributed by atoms with Crippen molar-refractivity contribution in [2.75, 3.05) is 40.3 Å². The van der Waals surface area contributed by atoms with Crippen LogP contribution >= 0.6 is 0 Å². The molecule has 0 aromatic rings. The smallest absolute Gasteiger partial charge is 0.236 e. The zero-order valence-corrected chi connectivity index (χ0v) is 10.2. The Kier molecular flexibility index (Phi) is 5.30. The monoisotopic (exact) mass is 223 g/mol. The number of carbonyl (C=O) groups is 1. The standard InChI is InChI=1S/C12H21N3O/c1-4-7-13-9-12(16)15(3)11-6-5-8-14(2)10-11/h1,11,13H,5-10H2,2-3H3. The number of rotatable bonds is 4. The summed E-state index contributed by atoms with van der Waals surface area (Å²) in [4.78, 5) is 15.9. The second-order valence-electron chi connectivity index (χ2n) is 4.37. The molecular weight excluding hydrogens is 202 g/mol. The lowest BCUT2D eigenvalue weighted by Crippen LogP contribution is -2.49. The van der Waals surface area contributed by atoms with E-state index in [0.29, 0.717) is 19.1 Å². The van der Waals surface area contributed by atoms with Gasteiger partial charge in [0.2, 0.25) is 5.91 Å². The van der Waals surface area contributed by atoms with Gasteiger partial charge < -0.3 is 9.80 Å². The third-order valence-electron chi connectivity index (χ3n) is 3.04. The van der Waals surface area contributed by atoms with Crippen LogP contribution in [0, 0.1) is 12.3 Å². The van der Waals surface area contributed by atoms with E-state index in [0.717, 1.165) is 25.9 Å². The molecule has 1 fully saturated rings. The Balaban J connectivity index is 2.34. The topological polar surface area (TPSA) is 35.6 Å². The van der Waals surface area contributed by atoms with Crippen molar-refractivity contribution in [2.24, 2.45) is 0 Å². The van der Waals surface area contributed by atoms with Crippen LogP contribution in [0.2, 0.25) is 0 Å². The number of hydrogen-bond acceptors (Lipinski definition) is 3. The van der Waals surface area contributed by atoms with E-state index < -0.39 is 0 Å². The van der Waals surface area contributed by atoms with Crippen LogP contribution in [0.15, 0.2) is 0 Å². The van der Waals surface area contributed by atoms with E-state index in [-0.39, 0.29) is 5.91 Å². The van der Waals surface area contributed by atoms with Crippen LogP contribution in [-0.4, -0.2) is 62.0 Å². The number of piperidine rings is 1. The molecule has 0 aliphatic carbocycles. The molecule has 16 heavy (non-hydrogen) atoms. The van der Waals surface area contributed by atoms with Crippen molar-refractivity contribution in [3.8, 4) is 12.3 Å². The highest BCUT2D eigenvalue weighted by Gasteiger charge is 2.23. The van der Waals surface area contributed by atoms with Crippen molar-refractivity contribution in [1.82, 2.24) is 15.1 Å². The quantitative estimate of drug-likeness (QED) is 0.528. The predicted molar refractivity (Wildman–Crippen MR) is 65.0 cm³/mol. The van der Waals surface area contributed by atoms with Gasteiger partial charge >= 0.3 is 0 Å². The van der Waals surface area contributed by atoms with Crippen LogP contribution in [-0.2, 0) is 4.79 Å². The molecule has 1 unspecified atom stereocenters. The van der Waals surface area contributed by atoms with Crippen molar-refractivity contribution in [1.29, 1.82) is 0 Å². The molecular formula is C12H21N3O. The molecule has 0 aromatic carbocycles. The normalized spacial score (nSPS) is 21.4. The number of hydrogen-bond donors (Lipinski definition) is 1. The maximum absolute atomic E-state index is 11.8. The number of carbonyl (C=O) groups excluding carboxylic acids is 1. The van der Waals surface area contributed by atoms with Crippen LogP contribution in [0.1, 0.15) is 12.8 Å². The molecule has 0 aromatic heterocycles. The zero-order chi connectivity index (χ0) is 12.0. The SMILES string of the molecule is C#CCNCC(=O)N(C)C1CCCN(C)C1. The van der Waals surface area contributed by atoms with Crippen molar-refractivity contribution in [3.05, 3.63) is 0 Å². The minimum atomic E-state index is 0.121. The lowest BCUT2D eigenvalue weighted by molar-refractivity contribution is -0.131. The summed E-state index contributed by atoms with van der Waals surface area (Å²) in [7, 11) is 3.98. The van der Waals surface area contributed by atoms with Gasteiger partial charge in [0.05, 0.1) is 13.1 Å². The Hall–Kier alpha value is -1.05. The average Bonchev–Trinajstić information content (AvgIpc) is 2.28. The lowest BCUT2D eigenvalue weighted by Gasteiger charge is -2.35. The van der Waals surface area contributed by atoms with E-state index >= 15 is 0 Å². The molecule has 1 saturated heterocycles. The van der Waals surface area contributed by atoms with E-state index in [1.54, 1.807) is 0 Å². The maximum Gasteiger partial charge on any atom is 0.236 e. The number of amides is 1. The van der Waals surface area contributed by atoms with Gasteiger partial charge in [0.15, 0.2) is 0 Å². The molecule has 0 bridgehead atoms. The van der Waals surface area contributed by atoms with Crippen LogP contribution in [0.3, 0.4) is 0 Å². The molecule has 1 aliphatic heterocycles. The van der Waals surface area contributed by atoms with Gasteiger partial charge in [-0.25, -0.2) is 0 Å². The van der Waals surface area contributed by atoms with Crippen molar-refractivity contribution in [3.63, 3.8) is 0 Å². The van der Waals surface area contributed by atoms with E-state index in [9.17, 15) is 4.79 Å². The highest BCUT2D eigenvalue weighted by atomic mass is 16.2. The van der Waals surface area contributed by atoms with Gasteiger partial charge in [-0.15, -0.1) is 6.42 Å². The highest BCUT2D eigenvalue weighted by Crippen LogP contribution is 2.13. The van der Waals surface area contributed by atoms with E-state index in [4.69, 9.17) is 6.42 Å². The van der Waals surface area contributed by atoms with E-state index in [1.807, 2.05) is 11.9 Å². The van der Waals surface area contributed by atoms with Gasteiger partial charge in [-0.05, 0) is 26.4 Å². The molecule has 90 valence electrons. The number of terminal acetylenes is 1. The Morgan fingerprint density at radius 2 is 2.44 bits per heavy atom. The Morgan fingerprint density at radius 1 is 1.69 bits per heavy atom. The van der Waals surface area contributed by atoms with Gasteiger partial charge in [-0.1, -0.05) is 5.92 Å². The molecule has 4 heteroatoms. The summed E-state index contributed by atoms with van der Waals surface area (Å²) in [5.41, 5.74) is 0. The molecule has 1 rings (SSSR count). The first-order valence-electron chi connectivity index (χ1n) is 5.73. The fourth-order valence-electron chi connectivity index (χ4n) is 2.03. The number of nitrogens with one attached hydrogen (secondary N) is 1. The van der Waals surface area contributed by atoms with E-state index in [2.05, 4.69) is 23.2 Å². The van der Waals surface area contributed by atoms with Crippen LogP contribution in [0.4, 0.5) is 0 Å². The second kappa shape index (κ2) is 6.51. The summed E-state index contributed by atoms with van der Waals surface area (Å²) < 4.78 is 0. The Morgan fingerprint density at radius 3 is 3.06 bits per heavy atom. The molecule has 0 saturated carbocycles. The molecule has 1 N–H and O–H groups in total. The summed E-state index contributed by atoms with van der Waals surface area (Å²) in [6, 6.07) is 0.346. The van der Waals surface area contributed by atoms with Crippen molar-refractivity contribution in [2.45, 2.75) is 18.9 Å². The maximum atomic E-state index is 11.8. The molecule has 0 radical (unpaired) electrons. The molecule has 1 aliphatic rings. The summed E-state index contributed by atoms with van der Waals surface area (Å²) >= 11 is 0. The highest BCUT2D eigenvalue weighted by molar-refractivity contribution is 5.78. The molecule has 4 nitrogen and oxygen atoms in total. The number of nitrogens with zero attached hydrogens (tertiary/aromatic N) is 2. The Labute approximate surface area is 98.0 Å². The van der Waals surface area contributed by atoms with Crippen LogP contribution in [0.25, 0.3) is 0 Å². The van der Waals surface area contributed by atoms with Gasteiger partial charge in [0.1, 0.15) is 0 Å². The van der Waals surface area contributed by atoms with Gasteiger partial charge in [-0.2, -0.15) is 0 Å². The van der Waals surface area contributed by atoms with E-state index in [1.165, 1.54) is 0 Å². The predicted octanol–water partition coefficient (Wildman–Crippen LogP) is -0.238. The minimum absolute atomic E-state index is 0.121. The van der Waals surface area contributed by atoms with Gasteiger partial charge in [0.25, 0.3) is 0 Å². The van der Waals surface area contributed by atoms with Crippen LogP contribution < -0.4 is 5.32 Å². The Bertz CT molecular complexity index is 272. The summed E-state index contributed by atoms with van der Waals surface area (Å²) in [5, 5.41) is 2.93. The summed E-state index contributed by atoms with van der Waals surface area (Å²) in [5.74, 6) is 2.58. The third kappa shape index (κ3) is 3.84. The molecule has 1 amide bonds. The average molecular weight is 223 g/mol. The first-order chi connectivity index (χ1) is 7.65. The van der Waals surface area contributed by atoms with Crippen LogP contribution in [0.5, 0.6) is 0 Å². The molecule has 0 spiro atoms. The molecule has 1 heterocycles. The first-order valence-corrected chi connectivity index (χ1v) is 5.73. The lowest BCUT2D eigenvalue weighted by atomic mass is 10.1. The number of likely N-dealkylation sites (tertiary alicyclic amines) is 1. The minimum Gasteiger partial charge on any atom is -0.340 e. The third-order valence-corrected chi connectivity index (χ3v) is 3.04. The molecule has 1 atom stereocenters. The van der Waals surface area contributed by atoms with Gasteiger partial charge in [0, 0.05) is 19.6 Å².